The van der Waals surface area contributed by atoms with Crippen LogP contribution in [0.1, 0.15) is 18.4 Å². The van der Waals surface area contributed by atoms with Crippen LogP contribution in [-0.2, 0) is 16.1 Å². The molecule has 0 saturated heterocycles. The van der Waals surface area contributed by atoms with Gasteiger partial charge in [0.15, 0.2) is 0 Å². The van der Waals surface area contributed by atoms with E-state index in [1.807, 2.05) is 30.3 Å². The predicted octanol–water partition coefficient (Wildman–Crippen LogP) is 1.54. The second-order valence-corrected chi connectivity index (χ2v) is 4.18. The summed E-state index contributed by atoms with van der Waals surface area (Å²) < 4.78 is 5.38. The summed E-state index contributed by atoms with van der Waals surface area (Å²) in [5, 5.41) is 9.67. The number of carbonyl (C=O) groups excluding carboxylic acids is 1. The SMILES string of the molecule is O=C1CCC1[C@H](O)COCc1ccccc1. The summed E-state index contributed by atoms with van der Waals surface area (Å²) in [5.74, 6) is -0.0217. The fourth-order valence-corrected chi connectivity index (χ4v) is 1.82. The summed E-state index contributed by atoms with van der Waals surface area (Å²) in [6, 6.07) is 9.79. The lowest BCUT2D eigenvalue weighted by Gasteiger charge is -2.28. The standard InChI is InChI=1S/C13H16O3/c14-12-7-6-11(12)13(15)9-16-8-10-4-2-1-3-5-10/h1-5,11,13,15H,6-9H2/t11?,13-/m1/s1. The lowest BCUT2D eigenvalue weighted by atomic mass is 9.80. The summed E-state index contributed by atoms with van der Waals surface area (Å²) in [6.45, 7) is 0.726. The third-order valence-electron chi connectivity index (χ3n) is 2.98. The van der Waals surface area contributed by atoms with Crippen LogP contribution in [0.3, 0.4) is 0 Å². The first-order chi connectivity index (χ1) is 7.77. The van der Waals surface area contributed by atoms with Gasteiger partial charge in [-0.1, -0.05) is 30.3 Å². The third-order valence-corrected chi connectivity index (χ3v) is 2.98. The van der Waals surface area contributed by atoms with Crippen LogP contribution in [0.2, 0.25) is 0 Å². The maximum absolute atomic E-state index is 11.1. The molecule has 1 saturated carbocycles. The van der Waals surface area contributed by atoms with E-state index in [4.69, 9.17) is 4.74 Å². The molecule has 86 valence electrons. The molecule has 1 aromatic rings. The molecule has 1 unspecified atom stereocenters. The minimum absolute atomic E-state index is 0.163. The van der Waals surface area contributed by atoms with Crippen LogP contribution in [0, 0.1) is 5.92 Å². The second-order valence-electron chi connectivity index (χ2n) is 4.18. The van der Waals surface area contributed by atoms with Gasteiger partial charge in [-0.3, -0.25) is 4.79 Å². The number of rotatable bonds is 5. The highest BCUT2D eigenvalue weighted by molar-refractivity contribution is 5.86. The molecule has 0 amide bonds. The van der Waals surface area contributed by atoms with Crippen LogP contribution >= 0.6 is 0 Å². The molecule has 2 atom stereocenters. The molecule has 0 aromatic heterocycles. The van der Waals surface area contributed by atoms with Crippen LogP contribution in [0.15, 0.2) is 30.3 Å². The smallest absolute Gasteiger partial charge is 0.138 e. The topological polar surface area (TPSA) is 46.5 Å². The Hall–Kier alpha value is -1.19. The zero-order valence-electron chi connectivity index (χ0n) is 9.13. The van der Waals surface area contributed by atoms with E-state index in [1.165, 1.54) is 0 Å². The zero-order chi connectivity index (χ0) is 11.4. The molecule has 1 aliphatic carbocycles. The maximum atomic E-state index is 11.1. The van der Waals surface area contributed by atoms with E-state index < -0.39 is 6.10 Å². The van der Waals surface area contributed by atoms with Crippen LogP contribution in [0.4, 0.5) is 0 Å². The van der Waals surface area contributed by atoms with E-state index in [1.54, 1.807) is 0 Å². The van der Waals surface area contributed by atoms with Gasteiger partial charge < -0.3 is 9.84 Å². The van der Waals surface area contributed by atoms with Gasteiger partial charge in [0.1, 0.15) is 5.78 Å². The highest BCUT2D eigenvalue weighted by Gasteiger charge is 2.34. The molecular formula is C13H16O3. The number of aliphatic hydroxyl groups excluding tert-OH is 1. The summed E-state index contributed by atoms with van der Waals surface area (Å²) in [6.07, 6.45) is 0.778. The third kappa shape index (κ3) is 2.68. The van der Waals surface area contributed by atoms with Crippen molar-refractivity contribution >= 4 is 5.78 Å². The summed E-state index contributed by atoms with van der Waals surface area (Å²) in [4.78, 5) is 11.1. The highest BCUT2D eigenvalue weighted by Crippen LogP contribution is 2.25. The fourth-order valence-electron chi connectivity index (χ4n) is 1.82. The molecule has 1 N–H and O–H groups in total. The molecule has 16 heavy (non-hydrogen) atoms. The van der Waals surface area contributed by atoms with Gasteiger partial charge in [-0.15, -0.1) is 0 Å². The zero-order valence-corrected chi connectivity index (χ0v) is 9.13. The molecule has 1 aliphatic rings. The first-order valence-corrected chi connectivity index (χ1v) is 5.60. The average Bonchev–Trinajstić information content (AvgIpc) is 2.28. The van der Waals surface area contributed by atoms with Gasteiger partial charge in [-0.05, 0) is 12.0 Å². The molecule has 0 aliphatic heterocycles. The number of ether oxygens (including phenoxy) is 1. The molecule has 0 bridgehead atoms. The Morgan fingerprint density at radius 2 is 2.12 bits per heavy atom. The number of carbonyl (C=O) groups is 1. The largest absolute Gasteiger partial charge is 0.390 e. The molecule has 0 radical (unpaired) electrons. The van der Waals surface area contributed by atoms with Gasteiger partial charge >= 0.3 is 0 Å². The summed E-state index contributed by atoms with van der Waals surface area (Å²) >= 11 is 0. The maximum Gasteiger partial charge on any atom is 0.138 e. The molecule has 3 heteroatoms. The van der Waals surface area contributed by atoms with Crippen LogP contribution in [-0.4, -0.2) is 23.6 Å². The summed E-state index contributed by atoms with van der Waals surface area (Å²) in [7, 11) is 0. The number of hydrogen-bond donors (Lipinski definition) is 1. The van der Waals surface area contributed by atoms with Crippen molar-refractivity contribution in [1.29, 1.82) is 0 Å². The number of benzene rings is 1. The molecule has 2 rings (SSSR count). The van der Waals surface area contributed by atoms with Crippen molar-refractivity contribution in [2.24, 2.45) is 5.92 Å². The summed E-state index contributed by atoms with van der Waals surface area (Å²) in [5.41, 5.74) is 1.08. The second kappa shape index (κ2) is 5.23. The van der Waals surface area contributed by atoms with Crippen molar-refractivity contribution in [1.82, 2.24) is 0 Å². The Bertz CT molecular complexity index is 347. The van der Waals surface area contributed by atoms with Crippen molar-refractivity contribution in [3.05, 3.63) is 35.9 Å². The van der Waals surface area contributed by atoms with E-state index in [0.29, 0.717) is 13.0 Å². The van der Waals surface area contributed by atoms with Gasteiger partial charge in [0.25, 0.3) is 0 Å². The van der Waals surface area contributed by atoms with Crippen LogP contribution < -0.4 is 0 Å². The monoisotopic (exact) mass is 220 g/mol. The van der Waals surface area contributed by atoms with Crippen molar-refractivity contribution in [3.8, 4) is 0 Å². The first kappa shape index (κ1) is 11.3. The lowest BCUT2D eigenvalue weighted by Crippen LogP contribution is -2.38. The number of hydrogen-bond acceptors (Lipinski definition) is 3. The van der Waals surface area contributed by atoms with E-state index in [2.05, 4.69) is 0 Å². The molecule has 0 spiro atoms. The van der Waals surface area contributed by atoms with Crippen molar-refractivity contribution in [2.45, 2.75) is 25.6 Å². The molecular weight excluding hydrogens is 204 g/mol. The molecule has 0 heterocycles. The average molecular weight is 220 g/mol. The van der Waals surface area contributed by atoms with E-state index in [0.717, 1.165) is 12.0 Å². The lowest BCUT2D eigenvalue weighted by molar-refractivity contribution is -0.136. The van der Waals surface area contributed by atoms with Gasteiger partial charge in [0.05, 0.1) is 19.3 Å². The van der Waals surface area contributed by atoms with Gasteiger partial charge in [0.2, 0.25) is 0 Å². The first-order valence-electron chi connectivity index (χ1n) is 5.60. The quantitative estimate of drug-likeness (QED) is 0.818. The van der Waals surface area contributed by atoms with Crippen molar-refractivity contribution in [3.63, 3.8) is 0 Å². The van der Waals surface area contributed by atoms with Gasteiger partial charge in [0, 0.05) is 12.3 Å². The molecule has 3 nitrogen and oxygen atoms in total. The number of Topliss-reactive ketones (excluding diaryl/α,β-unsaturated/α-hetero) is 1. The number of aliphatic hydroxyl groups is 1. The fraction of sp³-hybridized carbons (Fsp3) is 0.462. The normalized spacial score (nSPS) is 21.6. The van der Waals surface area contributed by atoms with Crippen LogP contribution in [0.25, 0.3) is 0 Å². The van der Waals surface area contributed by atoms with Crippen molar-refractivity contribution < 1.29 is 14.6 Å². The Balaban J connectivity index is 1.70. The van der Waals surface area contributed by atoms with E-state index in [-0.39, 0.29) is 18.3 Å². The van der Waals surface area contributed by atoms with E-state index >= 15 is 0 Å². The Morgan fingerprint density at radius 3 is 2.69 bits per heavy atom. The Labute approximate surface area is 95.0 Å². The molecule has 1 fully saturated rings. The minimum Gasteiger partial charge on any atom is -0.390 e. The van der Waals surface area contributed by atoms with Crippen LogP contribution in [0.5, 0.6) is 0 Å². The van der Waals surface area contributed by atoms with E-state index in [9.17, 15) is 9.90 Å². The predicted molar refractivity (Wildman–Crippen MR) is 59.8 cm³/mol. The van der Waals surface area contributed by atoms with Gasteiger partial charge in [-0.2, -0.15) is 0 Å². The number of ketones is 1. The minimum atomic E-state index is -0.634. The van der Waals surface area contributed by atoms with Crippen molar-refractivity contribution in [2.75, 3.05) is 6.61 Å². The molecule has 1 aromatic carbocycles. The highest BCUT2D eigenvalue weighted by atomic mass is 16.5. The van der Waals surface area contributed by atoms with Gasteiger partial charge in [-0.25, -0.2) is 0 Å². The Morgan fingerprint density at radius 1 is 1.38 bits per heavy atom. The Kier molecular flexibility index (Phi) is 3.70.